The van der Waals surface area contributed by atoms with Gasteiger partial charge in [-0.3, -0.25) is 0 Å². The van der Waals surface area contributed by atoms with Crippen molar-refractivity contribution >= 4 is 49.9 Å². The first kappa shape index (κ1) is 13.1. The second-order valence-corrected chi connectivity index (χ2v) is 6.73. The van der Waals surface area contributed by atoms with Crippen molar-refractivity contribution < 1.29 is 0 Å². The van der Waals surface area contributed by atoms with Crippen LogP contribution in [0.2, 0.25) is 4.34 Å². The fourth-order valence-corrected chi connectivity index (χ4v) is 3.63. The number of thiophene rings is 1. The van der Waals surface area contributed by atoms with Gasteiger partial charge in [-0.15, -0.1) is 11.3 Å². The van der Waals surface area contributed by atoms with Gasteiger partial charge in [0.1, 0.15) is 10.2 Å². The lowest BCUT2D eigenvalue weighted by Gasteiger charge is -1.99. The van der Waals surface area contributed by atoms with Gasteiger partial charge in [0.15, 0.2) is 0 Å². The molecular formula is C13H11BrClN3S. The zero-order valence-corrected chi connectivity index (χ0v) is 13.1. The van der Waals surface area contributed by atoms with Crippen molar-refractivity contribution in [3.05, 3.63) is 49.8 Å². The first-order valence-corrected chi connectivity index (χ1v) is 7.79. The quantitative estimate of drug-likeness (QED) is 0.730. The van der Waals surface area contributed by atoms with Gasteiger partial charge in [0.2, 0.25) is 0 Å². The van der Waals surface area contributed by atoms with E-state index < -0.39 is 0 Å². The summed E-state index contributed by atoms with van der Waals surface area (Å²) in [6, 6.07) is 10.1. The molecule has 19 heavy (non-hydrogen) atoms. The van der Waals surface area contributed by atoms with E-state index >= 15 is 0 Å². The molecule has 2 heterocycles. The van der Waals surface area contributed by atoms with Crippen LogP contribution in [-0.2, 0) is 13.1 Å². The third-order valence-corrected chi connectivity index (χ3v) is 5.20. The van der Waals surface area contributed by atoms with Gasteiger partial charge in [-0.2, -0.15) is 0 Å². The molecule has 6 heteroatoms. The molecule has 0 aliphatic rings. The van der Waals surface area contributed by atoms with Crippen LogP contribution in [0.3, 0.4) is 0 Å². The summed E-state index contributed by atoms with van der Waals surface area (Å²) in [5, 5.41) is 3.36. The van der Waals surface area contributed by atoms with E-state index in [0.29, 0.717) is 6.54 Å². The summed E-state index contributed by atoms with van der Waals surface area (Å²) in [6.07, 6.45) is 0. The number of hydrogen-bond donors (Lipinski definition) is 2. The Morgan fingerprint density at radius 1 is 1.32 bits per heavy atom. The van der Waals surface area contributed by atoms with E-state index in [2.05, 4.69) is 31.2 Å². The lowest BCUT2D eigenvalue weighted by Crippen LogP contribution is -2.12. The molecule has 0 atom stereocenters. The van der Waals surface area contributed by atoms with Crippen LogP contribution in [0, 0.1) is 0 Å². The summed E-state index contributed by atoms with van der Waals surface area (Å²) in [5.74, 6) is 0.947. The molecule has 0 fully saturated rings. The maximum Gasteiger partial charge on any atom is 0.121 e. The highest BCUT2D eigenvalue weighted by molar-refractivity contribution is 9.10. The Bertz CT molecular complexity index is 654. The Balaban J connectivity index is 1.63. The minimum atomic E-state index is 0.710. The van der Waals surface area contributed by atoms with E-state index in [-0.39, 0.29) is 0 Å². The largest absolute Gasteiger partial charge is 0.341 e. The Hall–Kier alpha value is -0.880. The molecule has 0 saturated heterocycles. The zero-order chi connectivity index (χ0) is 13.2. The van der Waals surface area contributed by atoms with E-state index in [9.17, 15) is 0 Å². The predicted molar refractivity (Wildman–Crippen MR) is 83.7 cm³/mol. The third-order valence-electron chi connectivity index (χ3n) is 2.73. The summed E-state index contributed by atoms with van der Waals surface area (Å²) in [4.78, 5) is 9.01. The van der Waals surface area contributed by atoms with Crippen LogP contribution in [0.5, 0.6) is 0 Å². The van der Waals surface area contributed by atoms with Crippen LogP contribution in [0.25, 0.3) is 11.0 Å². The number of H-pyrrole nitrogens is 1. The Morgan fingerprint density at radius 3 is 2.89 bits per heavy atom. The maximum absolute atomic E-state index is 6.00. The van der Waals surface area contributed by atoms with E-state index in [1.807, 2.05) is 30.3 Å². The van der Waals surface area contributed by atoms with Crippen molar-refractivity contribution in [3.63, 3.8) is 0 Å². The number of hydrogen-bond acceptors (Lipinski definition) is 3. The number of fused-ring (bicyclic) bond motifs is 1. The van der Waals surface area contributed by atoms with Gasteiger partial charge in [-0.25, -0.2) is 4.98 Å². The molecule has 3 aromatic rings. The van der Waals surface area contributed by atoms with Crippen LogP contribution in [0.1, 0.15) is 10.7 Å². The average molecular weight is 357 g/mol. The monoisotopic (exact) mass is 355 g/mol. The molecule has 0 unspecified atom stereocenters. The fourth-order valence-electron chi connectivity index (χ4n) is 1.87. The van der Waals surface area contributed by atoms with Gasteiger partial charge in [0, 0.05) is 15.9 Å². The highest BCUT2D eigenvalue weighted by atomic mass is 79.9. The molecule has 0 aliphatic heterocycles. The molecule has 2 N–H and O–H groups in total. The first-order valence-electron chi connectivity index (χ1n) is 5.80. The minimum absolute atomic E-state index is 0.710. The summed E-state index contributed by atoms with van der Waals surface area (Å²) < 4.78 is 1.75. The summed E-state index contributed by atoms with van der Waals surface area (Å²) in [7, 11) is 0. The van der Waals surface area contributed by atoms with Gasteiger partial charge in [-0.05, 0) is 34.1 Å². The molecule has 98 valence electrons. The lowest BCUT2D eigenvalue weighted by molar-refractivity contribution is 0.677. The van der Waals surface area contributed by atoms with Crippen LogP contribution in [0.15, 0.2) is 34.8 Å². The SMILES string of the molecule is Clc1sc(CNCc2nc3ccccc3[nH]2)cc1Br. The highest BCUT2D eigenvalue weighted by Gasteiger charge is 2.05. The van der Waals surface area contributed by atoms with E-state index in [1.165, 1.54) is 4.88 Å². The number of rotatable bonds is 4. The molecule has 3 nitrogen and oxygen atoms in total. The predicted octanol–water partition coefficient (Wildman–Crippen LogP) is 4.33. The van der Waals surface area contributed by atoms with Crippen molar-refractivity contribution in [2.24, 2.45) is 0 Å². The summed E-state index contributed by atoms with van der Waals surface area (Å²) in [5.41, 5.74) is 2.07. The number of nitrogens with zero attached hydrogens (tertiary/aromatic N) is 1. The molecular weight excluding hydrogens is 346 g/mol. The Kier molecular flexibility index (Phi) is 3.88. The lowest BCUT2D eigenvalue weighted by atomic mass is 10.3. The van der Waals surface area contributed by atoms with Gasteiger partial charge < -0.3 is 10.3 Å². The van der Waals surface area contributed by atoms with Crippen LogP contribution >= 0.6 is 38.9 Å². The van der Waals surface area contributed by atoms with Crippen molar-refractivity contribution in [2.45, 2.75) is 13.1 Å². The highest BCUT2D eigenvalue weighted by Crippen LogP contribution is 2.31. The maximum atomic E-state index is 6.00. The van der Waals surface area contributed by atoms with Crippen LogP contribution in [-0.4, -0.2) is 9.97 Å². The van der Waals surface area contributed by atoms with Crippen molar-refractivity contribution in [2.75, 3.05) is 0 Å². The number of imidazole rings is 1. The smallest absolute Gasteiger partial charge is 0.121 e. The first-order chi connectivity index (χ1) is 9.22. The molecule has 0 bridgehead atoms. The summed E-state index contributed by atoms with van der Waals surface area (Å²) >= 11 is 11.0. The van der Waals surface area contributed by atoms with Crippen molar-refractivity contribution in [1.29, 1.82) is 0 Å². The zero-order valence-electron chi connectivity index (χ0n) is 9.91. The van der Waals surface area contributed by atoms with Gasteiger partial charge in [0.05, 0.1) is 17.6 Å². The third kappa shape index (κ3) is 3.00. The molecule has 0 aliphatic carbocycles. The second kappa shape index (κ2) is 5.63. The Labute approximate surface area is 128 Å². The number of nitrogens with one attached hydrogen (secondary N) is 2. The van der Waals surface area contributed by atoms with E-state index in [4.69, 9.17) is 11.6 Å². The van der Waals surface area contributed by atoms with Gasteiger partial charge in [0.25, 0.3) is 0 Å². The number of halogens is 2. The molecule has 0 spiro atoms. The standard InChI is InChI=1S/C13H11BrClN3S/c14-9-5-8(19-13(9)15)6-16-7-12-17-10-3-1-2-4-11(10)18-12/h1-5,16H,6-7H2,(H,17,18). The molecule has 0 radical (unpaired) electrons. The van der Waals surface area contributed by atoms with Gasteiger partial charge in [-0.1, -0.05) is 23.7 Å². The molecule has 1 aromatic carbocycles. The number of aromatic amines is 1. The number of aromatic nitrogens is 2. The van der Waals surface area contributed by atoms with Crippen molar-refractivity contribution in [1.82, 2.24) is 15.3 Å². The molecule has 3 rings (SSSR count). The van der Waals surface area contributed by atoms with Gasteiger partial charge >= 0.3 is 0 Å². The van der Waals surface area contributed by atoms with E-state index in [1.54, 1.807) is 11.3 Å². The summed E-state index contributed by atoms with van der Waals surface area (Å²) in [6.45, 7) is 1.49. The van der Waals surface area contributed by atoms with Crippen LogP contribution in [0.4, 0.5) is 0 Å². The van der Waals surface area contributed by atoms with Crippen LogP contribution < -0.4 is 5.32 Å². The van der Waals surface area contributed by atoms with Crippen molar-refractivity contribution in [3.8, 4) is 0 Å². The Morgan fingerprint density at radius 2 is 2.16 bits per heavy atom. The normalized spacial score (nSPS) is 11.3. The van der Waals surface area contributed by atoms with E-state index in [0.717, 1.165) is 32.2 Å². The number of para-hydroxylation sites is 2. The minimum Gasteiger partial charge on any atom is -0.341 e. The molecule has 2 aromatic heterocycles. The molecule has 0 amide bonds. The fraction of sp³-hybridized carbons (Fsp3) is 0.154. The molecule has 0 saturated carbocycles. The topological polar surface area (TPSA) is 40.7 Å². The second-order valence-electron chi connectivity index (χ2n) is 4.14. The average Bonchev–Trinajstić information content (AvgIpc) is 2.93. The number of benzene rings is 1.